The van der Waals surface area contributed by atoms with E-state index in [1.807, 2.05) is 48.7 Å². The van der Waals surface area contributed by atoms with Gasteiger partial charge < -0.3 is 9.67 Å². The zero-order valence-electron chi connectivity index (χ0n) is 17.3. The fourth-order valence-electron chi connectivity index (χ4n) is 3.70. The van der Waals surface area contributed by atoms with Crippen molar-refractivity contribution in [3.8, 4) is 5.69 Å². The van der Waals surface area contributed by atoms with Crippen molar-refractivity contribution in [1.29, 1.82) is 0 Å². The summed E-state index contributed by atoms with van der Waals surface area (Å²) in [5.41, 5.74) is 3.98. The molecule has 8 heteroatoms. The van der Waals surface area contributed by atoms with Gasteiger partial charge >= 0.3 is 5.97 Å². The van der Waals surface area contributed by atoms with E-state index in [-0.39, 0.29) is 23.3 Å². The molecular formula is C24H19BrN2O4S. The van der Waals surface area contributed by atoms with E-state index in [1.165, 1.54) is 4.90 Å². The molecule has 0 saturated carbocycles. The number of hydrogen-bond acceptors (Lipinski definition) is 4. The first-order valence-corrected chi connectivity index (χ1v) is 11.4. The predicted octanol–water partition coefficient (Wildman–Crippen LogP) is 5.79. The summed E-state index contributed by atoms with van der Waals surface area (Å²) in [6.07, 6.45) is 1.70. The van der Waals surface area contributed by atoms with Crippen molar-refractivity contribution >= 4 is 50.9 Å². The zero-order valence-corrected chi connectivity index (χ0v) is 19.7. The molecule has 1 aliphatic rings. The minimum absolute atomic E-state index is 0.190. The first kappa shape index (κ1) is 22.1. The van der Waals surface area contributed by atoms with E-state index in [1.54, 1.807) is 30.3 Å². The molecule has 0 bridgehead atoms. The van der Waals surface area contributed by atoms with Crippen LogP contribution in [0.3, 0.4) is 0 Å². The second-order valence-corrected chi connectivity index (χ2v) is 9.29. The number of para-hydroxylation sites is 1. The summed E-state index contributed by atoms with van der Waals surface area (Å²) >= 11 is 4.29. The largest absolute Gasteiger partial charge is 0.478 e. The van der Waals surface area contributed by atoms with Gasteiger partial charge in [0.15, 0.2) is 0 Å². The monoisotopic (exact) mass is 510 g/mol. The molecule has 3 aromatic rings. The maximum Gasteiger partial charge on any atom is 0.337 e. The maximum atomic E-state index is 12.9. The standard InChI is InChI=1S/C24H19BrN2O4S/c1-14-11-17(15(2)27(14)20-6-4-3-5-19(20)23(29)30)12-21-22(28)26(24(31)32-21)13-16-7-9-18(25)10-8-16/h3-12H,13H2,1-2H3,(H,29,30)/b21-12-. The predicted molar refractivity (Wildman–Crippen MR) is 128 cm³/mol. The van der Waals surface area contributed by atoms with Crippen LogP contribution in [0.2, 0.25) is 0 Å². The Kier molecular flexibility index (Phi) is 6.08. The fourth-order valence-corrected chi connectivity index (χ4v) is 4.80. The van der Waals surface area contributed by atoms with Crippen molar-refractivity contribution < 1.29 is 19.5 Å². The highest BCUT2D eigenvalue weighted by atomic mass is 79.9. The van der Waals surface area contributed by atoms with Gasteiger partial charge in [-0.25, -0.2) is 4.79 Å². The molecule has 0 radical (unpaired) electrons. The van der Waals surface area contributed by atoms with Crippen molar-refractivity contribution in [2.75, 3.05) is 0 Å². The molecule has 2 heterocycles. The van der Waals surface area contributed by atoms with Crippen LogP contribution in [-0.4, -0.2) is 31.7 Å². The Morgan fingerprint density at radius 3 is 2.47 bits per heavy atom. The third-order valence-electron chi connectivity index (χ3n) is 5.26. The number of nitrogens with zero attached hydrogens (tertiary/aromatic N) is 2. The summed E-state index contributed by atoms with van der Waals surface area (Å²) in [6, 6.07) is 16.1. The first-order valence-electron chi connectivity index (χ1n) is 9.77. The second-order valence-electron chi connectivity index (χ2n) is 7.38. The average Bonchev–Trinajstić information content (AvgIpc) is 3.18. The van der Waals surface area contributed by atoms with Crippen LogP contribution < -0.4 is 0 Å². The number of rotatable bonds is 5. The average molecular weight is 511 g/mol. The lowest BCUT2D eigenvalue weighted by atomic mass is 10.1. The molecule has 32 heavy (non-hydrogen) atoms. The highest BCUT2D eigenvalue weighted by Crippen LogP contribution is 2.35. The van der Waals surface area contributed by atoms with Gasteiger partial charge in [-0.2, -0.15) is 0 Å². The van der Waals surface area contributed by atoms with Gasteiger partial charge in [0.05, 0.1) is 22.7 Å². The molecule has 6 nitrogen and oxygen atoms in total. The normalized spacial score (nSPS) is 15.1. The smallest absolute Gasteiger partial charge is 0.337 e. The van der Waals surface area contributed by atoms with E-state index in [0.29, 0.717) is 10.6 Å². The number of halogens is 1. The van der Waals surface area contributed by atoms with Gasteiger partial charge in [-0.05, 0) is 73.1 Å². The number of aromatic nitrogens is 1. The van der Waals surface area contributed by atoms with Crippen LogP contribution in [0.15, 0.2) is 64.0 Å². The lowest BCUT2D eigenvalue weighted by Gasteiger charge is -2.13. The summed E-state index contributed by atoms with van der Waals surface area (Å²) in [5, 5.41) is 9.24. The van der Waals surface area contributed by atoms with Gasteiger partial charge in [0.1, 0.15) is 0 Å². The Morgan fingerprint density at radius 1 is 1.09 bits per heavy atom. The number of carboxylic acids is 1. The molecule has 1 saturated heterocycles. The second kappa shape index (κ2) is 8.80. The van der Waals surface area contributed by atoms with Gasteiger partial charge in [0, 0.05) is 15.9 Å². The van der Waals surface area contributed by atoms with Crippen molar-refractivity contribution in [2.45, 2.75) is 20.4 Å². The van der Waals surface area contributed by atoms with E-state index in [2.05, 4.69) is 15.9 Å². The van der Waals surface area contributed by atoms with Crippen molar-refractivity contribution in [3.05, 3.63) is 92.1 Å². The van der Waals surface area contributed by atoms with Crippen LogP contribution in [0.1, 0.15) is 32.9 Å². The van der Waals surface area contributed by atoms with Gasteiger partial charge in [-0.1, -0.05) is 40.2 Å². The van der Waals surface area contributed by atoms with E-state index >= 15 is 0 Å². The van der Waals surface area contributed by atoms with Crippen LogP contribution in [0.5, 0.6) is 0 Å². The Balaban J connectivity index is 1.66. The van der Waals surface area contributed by atoms with E-state index in [9.17, 15) is 19.5 Å². The summed E-state index contributed by atoms with van der Waals surface area (Å²) in [6.45, 7) is 3.95. The van der Waals surface area contributed by atoms with Crippen LogP contribution >= 0.6 is 27.7 Å². The molecule has 1 N–H and O–H groups in total. The Morgan fingerprint density at radius 2 is 1.78 bits per heavy atom. The number of aryl methyl sites for hydroxylation is 1. The summed E-state index contributed by atoms with van der Waals surface area (Å²) < 4.78 is 2.77. The van der Waals surface area contributed by atoms with Crippen molar-refractivity contribution in [1.82, 2.24) is 9.47 Å². The molecule has 1 aromatic heterocycles. The Hall–Kier alpha value is -3.10. The number of carbonyl (C=O) groups excluding carboxylic acids is 2. The minimum atomic E-state index is -1.01. The molecule has 2 amide bonds. The number of benzene rings is 2. The first-order chi connectivity index (χ1) is 15.3. The maximum absolute atomic E-state index is 12.9. The minimum Gasteiger partial charge on any atom is -0.478 e. The third kappa shape index (κ3) is 4.16. The zero-order chi connectivity index (χ0) is 23.0. The molecule has 2 aromatic carbocycles. The Labute approximate surface area is 197 Å². The van der Waals surface area contributed by atoms with Crippen molar-refractivity contribution in [3.63, 3.8) is 0 Å². The molecule has 0 aliphatic carbocycles. The lowest BCUT2D eigenvalue weighted by molar-refractivity contribution is -0.123. The van der Waals surface area contributed by atoms with Crippen LogP contribution in [-0.2, 0) is 11.3 Å². The number of imide groups is 1. The van der Waals surface area contributed by atoms with E-state index in [0.717, 1.165) is 38.7 Å². The van der Waals surface area contributed by atoms with Crippen LogP contribution in [0.4, 0.5) is 4.79 Å². The summed E-state index contributed by atoms with van der Waals surface area (Å²) in [5.74, 6) is -1.35. The quantitative estimate of drug-likeness (QED) is 0.439. The van der Waals surface area contributed by atoms with Crippen LogP contribution in [0.25, 0.3) is 11.8 Å². The fraction of sp³-hybridized carbons (Fsp3) is 0.125. The van der Waals surface area contributed by atoms with Crippen molar-refractivity contribution in [2.24, 2.45) is 0 Å². The van der Waals surface area contributed by atoms with Gasteiger partial charge in [-0.15, -0.1) is 0 Å². The number of thioether (sulfide) groups is 1. The van der Waals surface area contributed by atoms with Gasteiger partial charge in [-0.3, -0.25) is 14.5 Å². The van der Waals surface area contributed by atoms with Gasteiger partial charge in [0.25, 0.3) is 11.1 Å². The highest BCUT2D eigenvalue weighted by Gasteiger charge is 2.35. The lowest BCUT2D eigenvalue weighted by Crippen LogP contribution is -2.27. The highest BCUT2D eigenvalue weighted by molar-refractivity contribution is 9.10. The van der Waals surface area contributed by atoms with E-state index < -0.39 is 5.97 Å². The SMILES string of the molecule is Cc1cc(/C=C2\SC(=O)N(Cc3ccc(Br)cc3)C2=O)c(C)n1-c1ccccc1C(=O)O. The molecular weight excluding hydrogens is 492 g/mol. The molecule has 1 aliphatic heterocycles. The number of amides is 2. The topological polar surface area (TPSA) is 79.6 Å². The molecule has 0 atom stereocenters. The summed E-state index contributed by atoms with van der Waals surface area (Å²) in [7, 11) is 0. The summed E-state index contributed by atoms with van der Waals surface area (Å²) in [4.78, 5) is 38.7. The molecule has 0 spiro atoms. The molecule has 0 unspecified atom stereocenters. The Bertz CT molecular complexity index is 1280. The molecule has 1 fully saturated rings. The number of aromatic carboxylic acids is 1. The van der Waals surface area contributed by atoms with E-state index in [4.69, 9.17) is 0 Å². The number of hydrogen-bond donors (Lipinski definition) is 1. The molecule has 4 rings (SSSR count). The third-order valence-corrected chi connectivity index (χ3v) is 6.70. The molecule has 162 valence electrons. The van der Waals surface area contributed by atoms with Crippen LogP contribution in [0, 0.1) is 13.8 Å². The number of carboxylic acid groups (broad SMARTS) is 1. The van der Waals surface area contributed by atoms with Gasteiger partial charge in [0.2, 0.25) is 0 Å². The number of carbonyl (C=O) groups is 3.